The fraction of sp³-hybridized carbons (Fsp3) is 0.875. The molecule has 0 radical (unpaired) electrons. The van der Waals surface area contributed by atoms with Crippen molar-refractivity contribution in [3.63, 3.8) is 0 Å². The van der Waals surface area contributed by atoms with Crippen LogP contribution >= 0.6 is 11.8 Å². The smallest absolute Gasteiger partial charge is 0.211 e. The number of nitrogens with zero attached hydrogens (tertiary/aromatic N) is 1. The molecule has 1 heterocycles. The fourth-order valence-corrected chi connectivity index (χ4v) is 3.28. The Labute approximate surface area is 70.5 Å². The number of hydrogen-bond acceptors (Lipinski definition) is 3. The molecule has 0 aromatic heterocycles. The van der Waals surface area contributed by atoms with Crippen molar-refractivity contribution < 1.29 is 4.79 Å². The van der Waals surface area contributed by atoms with Crippen molar-refractivity contribution in [3.8, 4) is 0 Å². The lowest BCUT2D eigenvalue weighted by Gasteiger charge is -2.14. The Hall–Kier alpha value is -0.270. The lowest BCUT2D eigenvalue weighted by Crippen LogP contribution is -2.19. The molecule has 2 fully saturated rings. The van der Waals surface area contributed by atoms with E-state index in [2.05, 4.69) is 4.99 Å². The standard InChI is InChI=1S/C8H11NOS/c10-6-9-8(3-4-8)7-2-1-5-11-7/h7H,1-5H2. The average molecular weight is 169 g/mol. The van der Waals surface area contributed by atoms with Crippen LogP contribution < -0.4 is 0 Å². The predicted molar refractivity (Wildman–Crippen MR) is 45.6 cm³/mol. The second-order valence-corrected chi connectivity index (χ2v) is 4.62. The number of carbonyl (C=O) groups excluding carboxylic acids is 1. The Balaban J connectivity index is 2.07. The van der Waals surface area contributed by atoms with Crippen LogP contribution in [-0.4, -0.2) is 22.6 Å². The van der Waals surface area contributed by atoms with Crippen molar-refractivity contribution in [3.05, 3.63) is 0 Å². The first kappa shape index (κ1) is 7.38. The van der Waals surface area contributed by atoms with Gasteiger partial charge in [0.15, 0.2) is 0 Å². The molecule has 2 aliphatic rings. The van der Waals surface area contributed by atoms with E-state index in [0.717, 1.165) is 12.8 Å². The van der Waals surface area contributed by atoms with Crippen LogP contribution in [-0.2, 0) is 4.79 Å². The van der Waals surface area contributed by atoms with E-state index < -0.39 is 0 Å². The zero-order chi connectivity index (χ0) is 7.73. The molecule has 2 rings (SSSR count). The van der Waals surface area contributed by atoms with Crippen LogP contribution in [0.2, 0.25) is 0 Å². The van der Waals surface area contributed by atoms with Crippen LogP contribution in [0.1, 0.15) is 25.7 Å². The van der Waals surface area contributed by atoms with E-state index in [-0.39, 0.29) is 5.54 Å². The minimum atomic E-state index is 0.0446. The molecule has 1 atom stereocenters. The molecule has 0 aromatic carbocycles. The highest BCUT2D eigenvalue weighted by Crippen LogP contribution is 2.51. The van der Waals surface area contributed by atoms with Crippen LogP contribution in [0.25, 0.3) is 0 Å². The van der Waals surface area contributed by atoms with Crippen LogP contribution in [0, 0.1) is 0 Å². The van der Waals surface area contributed by atoms with E-state index in [0.29, 0.717) is 5.25 Å². The maximum atomic E-state index is 10.1. The SMILES string of the molecule is O=C=NC1(C2CCCS2)CC1. The highest BCUT2D eigenvalue weighted by molar-refractivity contribution is 8.00. The van der Waals surface area contributed by atoms with Gasteiger partial charge in [-0.1, -0.05) is 0 Å². The van der Waals surface area contributed by atoms with E-state index in [1.54, 1.807) is 6.08 Å². The first-order chi connectivity index (χ1) is 5.37. The van der Waals surface area contributed by atoms with Gasteiger partial charge >= 0.3 is 0 Å². The summed E-state index contributed by atoms with van der Waals surface area (Å²) < 4.78 is 0. The zero-order valence-corrected chi connectivity index (χ0v) is 7.19. The Kier molecular flexibility index (Phi) is 1.78. The molecular formula is C8H11NOS. The van der Waals surface area contributed by atoms with Crippen LogP contribution in [0.4, 0.5) is 0 Å². The lowest BCUT2D eigenvalue weighted by molar-refractivity contribution is 0.546. The van der Waals surface area contributed by atoms with Gasteiger partial charge < -0.3 is 0 Å². The first-order valence-electron chi connectivity index (χ1n) is 4.08. The molecule has 1 saturated heterocycles. The number of thioether (sulfide) groups is 1. The highest BCUT2D eigenvalue weighted by Gasteiger charge is 2.50. The normalized spacial score (nSPS) is 32.9. The number of rotatable bonds is 2. The molecule has 1 saturated carbocycles. The molecule has 1 aliphatic heterocycles. The summed E-state index contributed by atoms with van der Waals surface area (Å²) in [6, 6.07) is 0. The summed E-state index contributed by atoms with van der Waals surface area (Å²) in [5, 5.41) is 0.629. The summed E-state index contributed by atoms with van der Waals surface area (Å²) in [7, 11) is 0. The average Bonchev–Trinajstić information content (AvgIpc) is 2.63. The Morgan fingerprint density at radius 1 is 1.55 bits per heavy atom. The van der Waals surface area contributed by atoms with Gasteiger partial charge in [0.2, 0.25) is 6.08 Å². The number of hydrogen-bond donors (Lipinski definition) is 0. The minimum Gasteiger partial charge on any atom is -0.211 e. The molecule has 0 amide bonds. The molecule has 0 aromatic rings. The predicted octanol–water partition coefficient (Wildman–Crippen LogP) is 1.75. The van der Waals surface area contributed by atoms with Gasteiger partial charge in [0.1, 0.15) is 0 Å². The Morgan fingerprint density at radius 2 is 2.36 bits per heavy atom. The Morgan fingerprint density at radius 3 is 2.82 bits per heavy atom. The topological polar surface area (TPSA) is 29.4 Å². The van der Waals surface area contributed by atoms with Gasteiger partial charge in [0.05, 0.1) is 5.54 Å². The van der Waals surface area contributed by atoms with Gasteiger partial charge in [-0.15, -0.1) is 0 Å². The lowest BCUT2D eigenvalue weighted by atomic mass is 10.1. The largest absolute Gasteiger partial charge is 0.235 e. The van der Waals surface area contributed by atoms with E-state index in [4.69, 9.17) is 0 Å². The van der Waals surface area contributed by atoms with Crippen LogP contribution in [0.5, 0.6) is 0 Å². The summed E-state index contributed by atoms with van der Waals surface area (Å²) in [5.74, 6) is 1.25. The van der Waals surface area contributed by atoms with Crippen molar-refractivity contribution in [1.82, 2.24) is 0 Å². The van der Waals surface area contributed by atoms with E-state index in [1.807, 2.05) is 11.8 Å². The zero-order valence-electron chi connectivity index (χ0n) is 6.38. The van der Waals surface area contributed by atoms with Gasteiger partial charge in [0, 0.05) is 5.25 Å². The maximum absolute atomic E-state index is 10.1. The fourth-order valence-electron chi connectivity index (χ4n) is 1.73. The molecule has 3 heteroatoms. The van der Waals surface area contributed by atoms with Crippen molar-refractivity contribution in [2.24, 2.45) is 4.99 Å². The van der Waals surface area contributed by atoms with E-state index in [9.17, 15) is 4.79 Å². The van der Waals surface area contributed by atoms with Crippen molar-refractivity contribution >= 4 is 17.8 Å². The monoisotopic (exact) mass is 169 g/mol. The molecular weight excluding hydrogens is 158 g/mol. The molecule has 1 aliphatic carbocycles. The summed E-state index contributed by atoms with van der Waals surface area (Å²) in [6.45, 7) is 0. The first-order valence-corrected chi connectivity index (χ1v) is 5.13. The summed E-state index contributed by atoms with van der Waals surface area (Å²) in [4.78, 5) is 14.0. The highest BCUT2D eigenvalue weighted by atomic mass is 32.2. The van der Waals surface area contributed by atoms with E-state index in [1.165, 1.54) is 18.6 Å². The molecule has 0 spiro atoms. The third-order valence-electron chi connectivity index (χ3n) is 2.56. The van der Waals surface area contributed by atoms with Crippen LogP contribution in [0.3, 0.4) is 0 Å². The molecule has 0 bridgehead atoms. The molecule has 60 valence electrons. The van der Waals surface area contributed by atoms with Gasteiger partial charge in [-0.3, -0.25) is 0 Å². The number of aliphatic imine (C=N–C) groups is 1. The second-order valence-electron chi connectivity index (χ2n) is 3.31. The molecule has 0 N–H and O–H groups in total. The quantitative estimate of drug-likeness (QED) is 0.465. The van der Waals surface area contributed by atoms with Gasteiger partial charge in [-0.2, -0.15) is 16.8 Å². The van der Waals surface area contributed by atoms with Crippen molar-refractivity contribution in [2.45, 2.75) is 36.5 Å². The minimum absolute atomic E-state index is 0.0446. The molecule has 2 nitrogen and oxygen atoms in total. The molecule has 1 unspecified atom stereocenters. The van der Waals surface area contributed by atoms with E-state index >= 15 is 0 Å². The third-order valence-corrected chi connectivity index (χ3v) is 4.16. The van der Waals surface area contributed by atoms with Crippen molar-refractivity contribution in [2.75, 3.05) is 5.75 Å². The summed E-state index contributed by atoms with van der Waals surface area (Å²) in [5.41, 5.74) is 0.0446. The summed E-state index contributed by atoms with van der Waals surface area (Å²) >= 11 is 1.98. The summed E-state index contributed by atoms with van der Waals surface area (Å²) in [6.07, 6.45) is 6.47. The van der Waals surface area contributed by atoms with Crippen LogP contribution in [0.15, 0.2) is 4.99 Å². The van der Waals surface area contributed by atoms with Gasteiger partial charge in [-0.25, -0.2) is 4.79 Å². The molecule has 11 heavy (non-hydrogen) atoms. The second kappa shape index (κ2) is 2.65. The third kappa shape index (κ3) is 1.23. The number of isocyanates is 1. The van der Waals surface area contributed by atoms with Crippen molar-refractivity contribution in [1.29, 1.82) is 0 Å². The van der Waals surface area contributed by atoms with Gasteiger partial charge in [-0.05, 0) is 31.4 Å². The maximum Gasteiger partial charge on any atom is 0.235 e. The Bertz CT molecular complexity index is 200. The van der Waals surface area contributed by atoms with Gasteiger partial charge in [0.25, 0.3) is 0 Å².